The fourth-order valence-corrected chi connectivity index (χ4v) is 4.83. The van der Waals surface area contributed by atoms with Gasteiger partial charge in [-0.05, 0) is 68.7 Å². The lowest BCUT2D eigenvalue weighted by Crippen LogP contribution is -2.38. The Morgan fingerprint density at radius 1 is 1.00 bits per heavy atom. The third-order valence-electron chi connectivity index (χ3n) is 6.69. The number of ether oxygens (including phenoxy) is 3. The monoisotopic (exact) mass is 522 g/mol. The zero-order valence-electron chi connectivity index (χ0n) is 22.5. The molecule has 0 unspecified atom stereocenters. The number of Topliss-reactive ketones (excluding diaryl/α,β-unsaturated/α-hetero) is 1. The molecule has 1 amide bonds. The molecule has 0 spiro atoms. The molecule has 1 atom stereocenters. The summed E-state index contributed by atoms with van der Waals surface area (Å²) >= 11 is 0. The minimum atomic E-state index is -0.688. The van der Waals surface area contributed by atoms with Crippen LogP contribution in [0.5, 0.6) is 11.5 Å². The SMILES string of the molecule is CCCOc1ccc([C@H]2C(=C(O)c3ccc(OC(C)C)cc3)C(=O)C(=O)N2CCCN2CCOCC2)cc1. The summed E-state index contributed by atoms with van der Waals surface area (Å²) in [7, 11) is 0. The summed E-state index contributed by atoms with van der Waals surface area (Å²) in [5.74, 6) is -0.0661. The largest absolute Gasteiger partial charge is 0.507 e. The molecule has 2 aromatic rings. The number of carbonyl (C=O) groups excluding carboxylic acids is 2. The van der Waals surface area contributed by atoms with Crippen LogP contribution in [0, 0.1) is 0 Å². The minimum Gasteiger partial charge on any atom is -0.507 e. The smallest absolute Gasteiger partial charge is 0.295 e. The van der Waals surface area contributed by atoms with Crippen LogP contribution in [0.1, 0.15) is 50.8 Å². The summed E-state index contributed by atoms with van der Waals surface area (Å²) in [6.07, 6.45) is 1.62. The summed E-state index contributed by atoms with van der Waals surface area (Å²) in [5.41, 5.74) is 1.31. The molecule has 38 heavy (non-hydrogen) atoms. The predicted molar refractivity (Wildman–Crippen MR) is 145 cm³/mol. The Kier molecular flexibility index (Phi) is 9.42. The summed E-state index contributed by atoms with van der Waals surface area (Å²) in [6, 6.07) is 13.6. The van der Waals surface area contributed by atoms with E-state index in [2.05, 4.69) is 4.90 Å². The molecule has 2 aliphatic rings. The average Bonchev–Trinajstić information content (AvgIpc) is 3.17. The first-order valence-corrected chi connectivity index (χ1v) is 13.5. The molecule has 2 saturated heterocycles. The fourth-order valence-electron chi connectivity index (χ4n) is 4.83. The van der Waals surface area contributed by atoms with Gasteiger partial charge in [-0.1, -0.05) is 19.1 Å². The normalized spacial score (nSPS) is 19.8. The van der Waals surface area contributed by atoms with Gasteiger partial charge >= 0.3 is 0 Å². The van der Waals surface area contributed by atoms with Crippen molar-refractivity contribution in [2.75, 3.05) is 46.0 Å². The van der Waals surface area contributed by atoms with Gasteiger partial charge in [0, 0.05) is 31.7 Å². The number of morpholine rings is 1. The van der Waals surface area contributed by atoms with E-state index in [4.69, 9.17) is 14.2 Å². The molecule has 0 saturated carbocycles. The van der Waals surface area contributed by atoms with Gasteiger partial charge in [0.1, 0.15) is 17.3 Å². The fraction of sp³-hybridized carbons (Fsp3) is 0.467. The number of aliphatic hydroxyl groups excluding tert-OH is 1. The first kappa shape index (κ1) is 27.7. The highest BCUT2D eigenvalue weighted by atomic mass is 16.5. The summed E-state index contributed by atoms with van der Waals surface area (Å²) in [6.45, 7) is 10.9. The van der Waals surface area contributed by atoms with E-state index in [9.17, 15) is 14.7 Å². The summed E-state index contributed by atoms with van der Waals surface area (Å²) in [4.78, 5) is 30.5. The first-order chi connectivity index (χ1) is 18.4. The number of ketones is 1. The lowest BCUT2D eigenvalue weighted by molar-refractivity contribution is -0.140. The molecule has 0 aromatic heterocycles. The number of aliphatic hydroxyl groups is 1. The molecule has 8 heteroatoms. The van der Waals surface area contributed by atoms with Crippen molar-refractivity contribution >= 4 is 17.4 Å². The molecular weight excluding hydrogens is 484 g/mol. The van der Waals surface area contributed by atoms with E-state index < -0.39 is 17.7 Å². The lowest BCUT2D eigenvalue weighted by Gasteiger charge is -2.29. The number of likely N-dealkylation sites (tertiary alicyclic amines) is 1. The van der Waals surface area contributed by atoms with Crippen molar-refractivity contribution < 1.29 is 28.9 Å². The zero-order valence-corrected chi connectivity index (χ0v) is 22.5. The molecular formula is C30H38N2O6. The summed E-state index contributed by atoms with van der Waals surface area (Å²) in [5, 5.41) is 11.3. The van der Waals surface area contributed by atoms with Crippen molar-refractivity contribution in [1.29, 1.82) is 0 Å². The maximum atomic E-state index is 13.3. The Balaban J connectivity index is 1.64. The van der Waals surface area contributed by atoms with E-state index in [0.717, 1.165) is 37.4 Å². The maximum Gasteiger partial charge on any atom is 0.295 e. The third-order valence-corrected chi connectivity index (χ3v) is 6.69. The minimum absolute atomic E-state index is 0.0153. The first-order valence-electron chi connectivity index (χ1n) is 13.5. The van der Waals surface area contributed by atoms with E-state index in [1.807, 2.05) is 45.0 Å². The van der Waals surface area contributed by atoms with Crippen molar-refractivity contribution in [3.05, 3.63) is 65.2 Å². The molecule has 2 aromatic carbocycles. The van der Waals surface area contributed by atoms with Gasteiger partial charge < -0.3 is 24.2 Å². The molecule has 0 aliphatic carbocycles. The van der Waals surface area contributed by atoms with Crippen molar-refractivity contribution in [2.24, 2.45) is 0 Å². The lowest BCUT2D eigenvalue weighted by atomic mass is 9.95. The van der Waals surface area contributed by atoms with Crippen molar-refractivity contribution in [2.45, 2.75) is 45.8 Å². The molecule has 8 nitrogen and oxygen atoms in total. The number of carbonyl (C=O) groups is 2. The molecule has 204 valence electrons. The van der Waals surface area contributed by atoms with Crippen molar-refractivity contribution in [3.63, 3.8) is 0 Å². The van der Waals surface area contributed by atoms with E-state index in [1.54, 1.807) is 29.2 Å². The Hall–Kier alpha value is -3.36. The zero-order chi connectivity index (χ0) is 27.1. The highest BCUT2D eigenvalue weighted by molar-refractivity contribution is 6.46. The molecule has 2 fully saturated rings. The average molecular weight is 523 g/mol. The second kappa shape index (κ2) is 12.9. The number of nitrogens with zero attached hydrogens (tertiary/aromatic N) is 2. The molecule has 0 bridgehead atoms. The Morgan fingerprint density at radius 3 is 2.29 bits per heavy atom. The molecule has 0 radical (unpaired) electrons. The summed E-state index contributed by atoms with van der Waals surface area (Å²) < 4.78 is 16.8. The van der Waals surface area contributed by atoms with Crippen LogP contribution in [0.3, 0.4) is 0 Å². The van der Waals surface area contributed by atoms with Crippen LogP contribution in [0.25, 0.3) is 5.76 Å². The molecule has 4 rings (SSSR count). The third kappa shape index (κ3) is 6.55. The second-order valence-corrected chi connectivity index (χ2v) is 9.91. The molecule has 2 heterocycles. The van der Waals surface area contributed by atoms with Gasteiger partial charge in [-0.25, -0.2) is 0 Å². The standard InChI is InChI=1S/C30H38N2O6/c1-4-18-37-24-10-6-22(7-11-24)27-26(28(33)23-8-12-25(13-9-23)38-21(2)3)29(34)30(35)32(27)15-5-14-31-16-19-36-20-17-31/h6-13,21,27,33H,4-5,14-20H2,1-3H3/t27-/m0/s1. The number of hydrogen-bond acceptors (Lipinski definition) is 7. The van der Waals surface area contributed by atoms with Gasteiger partial charge in [0.05, 0.1) is 37.5 Å². The maximum absolute atomic E-state index is 13.3. The van der Waals surface area contributed by atoms with Crippen molar-refractivity contribution in [1.82, 2.24) is 9.80 Å². The number of amides is 1. The highest BCUT2D eigenvalue weighted by Crippen LogP contribution is 2.40. The van der Waals surface area contributed by atoms with Gasteiger partial charge in [0.15, 0.2) is 0 Å². The molecule has 1 N–H and O–H groups in total. The van der Waals surface area contributed by atoms with Gasteiger partial charge in [-0.15, -0.1) is 0 Å². The number of hydrogen-bond donors (Lipinski definition) is 1. The number of benzene rings is 2. The molecule has 2 aliphatic heterocycles. The van der Waals surface area contributed by atoms with E-state index in [-0.39, 0.29) is 17.4 Å². The second-order valence-electron chi connectivity index (χ2n) is 9.91. The van der Waals surface area contributed by atoms with Crippen LogP contribution in [0.4, 0.5) is 0 Å². The van der Waals surface area contributed by atoms with Crippen LogP contribution in [0.2, 0.25) is 0 Å². The van der Waals surface area contributed by atoms with E-state index >= 15 is 0 Å². The predicted octanol–water partition coefficient (Wildman–Crippen LogP) is 4.41. The van der Waals surface area contributed by atoms with Crippen LogP contribution >= 0.6 is 0 Å². The van der Waals surface area contributed by atoms with E-state index in [0.29, 0.717) is 44.1 Å². The Morgan fingerprint density at radius 2 is 1.66 bits per heavy atom. The van der Waals surface area contributed by atoms with Crippen molar-refractivity contribution in [3.8, 4) is 11.5 Å². The van der Waals surface area contributed by atoms with Crippen LogP contribution in [0.15, 0.2) is 54.1 Å². The Labute approximate surface area is 224 Å². The van der Waals surface area contributed by atoms with E-state index in [1.165, 1.54) is 0 Å². The quantitative estimate of drug-likeness (QED) is 0.266. The van der Waals surface area contributed by atoms with Gasteiger partial charge in [0.25, 0.3) is 11.7 Å². The van der Waals surface area contributed by atoms with Crippen LogP contribution in [-0.4, -0.2) is 78.7 Å². The van der Waals surface area contributed by atoms with Crippen LogP contribution in [-0.2, 0) is 14.3 Å². The topological polar surface area (TPSA) is 88.5 Å². The number of rotatable bonds is 11. The highest BCUT2D eigenvalue weighted by Gasteiger charge is 2.45. The van der Waals surface area contributed by atoms with Crippen LogP contribution < -0.4 is 9.47 Å². The van der Waals surface area contributed by atoms with Gasteiger partial charge in [0.2, 0.25) is 0 Å². The van der Waals surface area contributed by atoms with Gasteiger partial charge in [-0.3, -0.25) is 14.5 Å². The van der Waals surface area contributed by atoms with Gasteiger partial charge in [-0.2, -0.15) is 0 Å². The Bertz CT molecular complexity index is 1120.